The van der Waals surface area contributed by atoms with E-state index in [1.165, 1.54) is 12.0 Å². The molecule has 1 aromatic carbocycles. The Morgan fingerprint density at radius 2 is 1.97 bits per heavy atom. The summed E-state index contributed by atoms with van der Waals surface area (Å²) in [5.41, 5.74) is 1.92. The Labute approximate surface area is 181 Å². The number of amides is 1. The lowest BCUT2D eigenvalue weighted by Gasteiger charge is -2.16. The van der Waals surface area contributed by atoms with Crippen LogP contribution >= 0.6 is 11.6 Å². The first kappa shape index (κ1) is 21.3. The van der Waals surface area contributed by atoms with Gasteiger partial charge in [-0.05, 0) is 36.6 Å². The monoisotopic (exact) mass is 448 g/mol. The molecule has 11 heteroatoms. The lowest BCUT2D eigenvalue weighted by Crippen LogP contribution is -2.28. The van der Waals surface area contributed by atoms with Gasteiger partial charge in [-0.2, -0.15) is 15.2 Å². The number of carbonyl (C=O) groups excluding carboxylic acids is 1. The van der Waals surface area contributed by atoms with Gasteiger partial charge in [-0.25, -0.2) is 8.78 Å². The SMILES string of the molecule is COCC1CN(c2n[nH]c(-c3cnncc3C)n2)C(=O)C1Cc1cc(F)c(Cl)c(F)c1. The highest BCUT2D eigenvalue weighted by Crippen LogP contribution is 2.33. The first-order chi connectivity index (χ1) is 14.9. The van der Waals surface area contributed by atoms with Gasteiger partial charge < -0.3 is 4.74 Å². The molecule has 1 aliphatic heterocycles. The third-order valence-electron chi connectivity index (χ3n) is 5.35. The molecule has 0 bridgehead atoms. The van der Waals surface area contributed by atoms with Crippen molar-refractivity contribution in [1.82, 2.24) is 25.4 Å². The summed E-state index contributed by atoms with van der Waals surface area (Å²) in [5, 5.41) is 14.1. The van der Waals surface area contributed by atoms with Crippen LogP contribution in [0.5, 0.6) is 0 Å². The number of anilines is 1. The fourth-order valence-electron chi connectivity index (χ4n) is 3.77. The van der Waals surface area contributed by atoms with Crippen molar-refractivity contribution in [3.63, 3.8) is 0 Å². The van der Waals surface area contributed by atoms with E-state index in [0.29, 0.717) is 24.5 Å². The molecule has 0 spiro atoms. The maximum atomic E-state index is 13.9. The van der Waals surface area contributed by atoms with Crippen LogP contribution in [-0.2, 0) is 16.0 Å². The number of benzene rings is 1. The van der Waals surface area contributed by atoms with Crippen LogP contribution in [0.2, 0.25) is 5.02 Å². The Morgan fingerprint density at radius 1 is 1.26 bits per heavy atom. The fraction of sp³-hybridized carbons (Fsp3) is 0.350. The van der Waals surface area contributed by atoms with Gasteiger partial charge in [0, 0.05) is 31.1 Å². The molecule has 3 aromatic rings. The molecule has 8 nitrogen and oxygen atoms in total. The average Bonchev–Trinajstić information content (AvgIpc) is 3.33. The molecule has 1 saturated heterocycles. The summed E-state index contributed by atoms with van der Waals surface area (Å²) in [6.07, 6.45) is 3.30. The fourth-order valence-corrected chi connectivity index (χ4v) is 3.88. The van der Waals surface area contributed by atoms with E-state index in [1.54, 1.807) is 12.4 Å². The Bertz CT molecular complexity index is 1100. The number of aromatic nitrogens is 5. The van der Waals surface area contributed by atoms with E-state index in [2.05, 4.69) is 25.4 Å². The Balaban J connectivity index is 1.60. The minimum atomic E-state index is -0.859. The van der Waals surface area contributed by atoms with Crippen LogP contribution in [0.3, 0.4) is 0 Å². The van der Waals surface area contributed by atoms with Crippen molar-refractivity contribution in [3.8, 4) is 11.4 Å². The second kappa shape index (κ2) is 8.64. The highest BCUT2D eigenvalue weighted by atomic mass is 35.5. The number of carbonyl (C=O) groups is 1. The van der Waals surface area contributed by atoms with E-state index in [9.17, 15) is 13.6 Å². The number of aromatic amines is 1. The summed E-state index contributed by atoms with van der Waals surface area (Å²) in [4.78, 5) is 19.1. The second-order valence-corrected chi connectivity index (χ2v) is 7.80. The number of ether oxygens (including phenoxy) is 1. The maximum Gasteiger partial charge on any atom is 0.251 e. The predicted molar refractivity (Wildman–Crippen MR) is 108 cm³/mol. The molecular weight excluding hydrogens is 430 g/mol. The molecule has 3 heterocycles. The summed E-state index contributed by atoms with van der Waals surface area (Å²) in [5.74, 6) is -2.04. The number of methoxy groups -OCH3 is 1. The Hall–Kier alpha value is -2.98. The van der Waals surface area contributed by atoms with Crippen molar-refractivity contribution >= 4 is 23.5 Å². The molecule has 1 N–H and O–H groups in total. The molecular formula is C20H19ClF2N6O2. The number of rotatable bonds is 6. The van der Waals surface area contributed by atoms with Gasteiger partial charge in [0.2, 0.25) is 5.91 Å². The molecule has 1 amide bonds. The lowest BCUT2D eigenvalue weighted by molar-refractivity contribution is -0.121. The summed E-state index contributed by atoms with van der Waals surface area (Å²) < 4.78 is 33.0. The molecule has 4 rings (SSSR count). The molecule has 162 valence electrons. The van der Waals surface area contributed by atoms with E-state index in [4.69, 9.17) is 16.3 Å². The standard InChI is InChI=1S/C20H19ClF2N6O2/c1-10-6-24-25-7-14(10)18-26-20(28-27-18)29-8-12(9-31-2)13(19(29)30)3-11-4-15(22)17(21)16(23)5-11/h4-7,12-13H,3,8-9H2,1-2H3,(H,26,27,28). The van der Waals surface area contributed by atoms with Gasteiger partial charge in [0.15, 0.2) is 5.82 Å². The van der Waals surface area contributed by atoms with E-state index in [1.807, 2.05) is 6.92 Å². The highest BCUT2D eigenvalue weighted by molar-refractivity contribution is 6.30. The van der Waals surface area contributed by atoms with E-state index in [-0.39, 0.29) is 24.2 Å². The summed E-state index contributed by atoms with van der Waals surface area (Å²) in [7, 11) is 1.54. The summed E-state index contributed by atoms with van der Waals surface area (Å²) >= 11 is 5.57. The largest absolute Gasteiger partial charge is 0.384 e. The third-order valence-corrected chi connectivity index (χ3v) is 5.71. The zero-order valence-electron chi connectivity index (χ0n) is 16.8. The minimum absolute atomic E-state index is 0.138. The Morgan fingerprint density at radius 3 is 2.65 bits per heavy atom. The van der Waals surface area contributed by atoms with E-state index < -0.39 is 22.6 Å². The zero-order valence-corrected chi connectivity index (χ0v) is 17.5. The molecule has 2 atom stereocenters. The highest BCUT2D eigenvalue weighted by Gasteiger charge is 2.42. The van der Waals surface area contributed by atoms with Crippen molar-refractivity contribution in [1.29, 1.82) is 0 Å². The van der Waals surface area contributed by atoms with Crippen molar-refractivity contribution in [2.75, 3.05) is 25.2 Å². The summed E-state index contributed by atoms with van der Waals surface area (Å²) in [6, 6.07) is 2.30. The van der Waals surface area contributed by atoms with Crippen LogP contribution in [-0.4, -0.2) is 51.5 Å². The molecule has 2 aromatic heterocycles. The first-order valence-corrected chi connectivity index (χ1v) is 9.90. The molecule has 1 aliphatic rings. The third kappa shape index (κ3) is 4.13. The van der Waals surface area contributed by atoms with Crippen LogP contribution in [0.15, 0.2) is 24.5 Å². The van der Waals surface area contributed by atoms with Crippen LogP contribution in [0, 0.1) is 30.4 Å². The molecule has 2 unspecified atom stereocenters. The lowest BCUT2D eigenvalue weighted by atomic mass is 9.89. The number of H-pyrrole nitrogens is 1. The minimum Gasteiger partial charge on any atom is -0.384 e. The van der Waals surface area contributed by atoms with Gasteiger partial charge in [0.05, 0.1) is 19.0 Å². The van der Waals surface area contributed by atoms with Crippen LogP contribution < -0.4 is 4.90 Å². The number of hydrogen-bond acceptors (Lipinski definition) is 6. The molecule has 31 heavy (non-hydrogen) atoms. The van der Waals surface area contributed by atoms with Crippen LogP contribution in [0.4, 0.5) is 14.7 Å². The topological polar surface area (TPSA) is 96.9 Å². The van der Waals surface area contributed by atoms with Crippen LogP contribution in [0.25, 0.3) is 11.4 Å². The zero-order chi connectivity index (χ0) is 22.1. The normalized spacial score (nSPS) is 18.7. The smallest absolute Gasteiger partial charge is 0.251 e. The first-order valence-electron chi connectivity index (χ1n) is 9.52. The quantitative estimate of drug-likeness (QED) is 0.582. The predicted octanol–water partition coefficient (Wildman–Crippen LogP) is 2.97. The van der Waals surface area contributed by atoms with Crippen LogP contribution in [0.1, 0.15) is 11.1 Å². The number of aryl methyl sites for hydroxylation is 1. The van der Waals surface area contributed by atoms with Gasteiger partial charge >= 0.3 is 0 Å². The van der Waals surface area contributed by atoms with Crippen molar-refractivity contribution in [2.24, 2.45) is 11.8 Å². The van der Waals surface area contributed by atoms with E-state index >= 15 is 0 Å². The van der Waals surface area contributed by atoms with E-state index in [0.717, 1.165) is 23.3 Å². The van der Waals surface area contributed by atoms with Gasteiger partial charge in [0.1, 0.15) is 16.7 Å². The molecule has 1 fully saturated rings. The number of nitrogens with zero attached hydrogens (tertiary/aromatic N) is 5. The Kier molecular flexibility index (Phi) is 5.92. The summed E-state index contributed by atoms with van der Waals surface area (Å²) in [6.45, 7) is 2.49. The van der Waals surface area contributed by atoms with Crippen molar-refractivity contribution in [2.45, 2.75) is 13.3 Å². The molecule has 0 saturated carbocycles. The molecule has 0 aliphatic carbocycles. The van der Waals surface area contributed by atoms with Crippen molar-refractivity contribution in [3.05, 3.63) is 52.3 Å². The van der Waals surface area contributed by atoms with Gasteiger partial charge in [-0.15, -0.1) is 5.10 Å². The second-order valence-electron chi connectivity index (χ2n) is 7.42. The van der Waals surface area contributed by atoms with Gasteiger partial charge in [0.25, 0.3) is 5.95 Å². The average molecular weight is 449 g/mol. The van der Waals surface area contributed by atoms with Crippen molar-refractivity contribution < 1.29 is 18.3 Å². The number of hydrogen-bond donors (Lipinski definition) is 1. The molecule has 0 radical (unpaired) electrons. The number of halogens is 3. The number of nitrogens with one attached hydrogen (secondary N) is 1. The van der Waals surface area contributed by atoms with Gasteiger partial charge in [-0.1, -0.05) is 11.6 Å². The van der Waals surface area contributed by atoms with Gasteiger partial charge in [-0.3, -0.25) is 14.8 Å². The maximum absolute atomic E-state index is 13.9.